The van der Waals surface area contributed by atoms with Crippen LogP contribution in [0.1, 0.15) is 40.4 Å². The van der Waals surface area contributed by atoms with Crippen molar-refractivity contribution in [2.24, 2.45) is 0 Å². The highest BCUT2D eigenvalue weighted by Gasteiger charge is 2.22. The highest BCUT2D eigenvalue weighted by Crippen LogP contribution is 2.24. The Hall–Kier alpha value is -2.88. The van der Waals surface area contributed by atoms with Gasteiger partial charge in [0.05, 0.1) is 6.42 Å². The maximum atomic E-state index is 12.6. The van der Waals surface area contributed by atoms with Crippen LogP contribution in [0.4, 0.5) is 0 Å². The van der Waals surface area contributed by atoms with Gasteiger partial charge in [0.15, 0.2) is 6.10 Å². The second-order valence-electron chi connectivity index (χ2n) is 6.87. The van der Waals surface area contributed by atoms with E-state index in [0.29, 0.717) is 5.56 Å². The van der Waals surface area contributed by atoms with Gasteiger partial charge in [-0.3, -0.25) is 9.59 Å². The molecule has 1 atom stereocenters. The molecule has 1 heterocycles. The molecule has 0 radical (unpaired) electrons. The minimum Gasteiger partial charge on any atom is -0.454 e. The molecule has 4 heteroatoms. The number of para-hydroxylation sites is 1. The number of hydrogen-bond acceptors (Lipinski definition) is 3. The van der Waals surface area contributed by atoms with Gasteiger partial charge in [-0.25, -0.2) is 0 Å². The third-order valence-corrected chi connectivity index (χ3v) is 5.07. The first-order chi connectivity index (χ1) is 12.6. The predicted molar refractivity (Wildman–Crippen MR) is 100 cm³/mol. The van der Waals surface area contributed by atoms with E-state index in [1.807, 2.05) is 48.7 Å². The highest BCUT2D eigenvalue weighted by molar-refractivity contribution is 6.00. The third kappa shape index (κ3) is 3.15. The van der Waals surface area contributed by atoms with Crippen molar-refractivity contribution in [3.8, 4) is 0 Å². The number of carbonyl (C=O) groups excluding carboxylic acids is 2. The molecule has 132 valence electrons. The van der Waals surface area contributed by atoms with Crippen LogP contribution in [0.25, 0.3) is 10.9 Å². The van der Waals surface area contributed by atoms with Crippen LogP contribution < -0.4 is 0 Å². The molecule has 2 aromatic carbocycles. The Balaban J connectivity index is 1.43. The number of aromatic nitrogens is 1. The van der Waals surface area contributed by atoms with E-state index in [1.54, 1.807) is 6.92 Å². The Morgan fingerprint density at radius 1 is 1.12 bits per heavy atom. The van der Waals surface area contributed by atoms with Crippen LogP contribution in [-0.2, 0) is 28.8 Å². The Morgan fingerprint density at radius 2 is 1.92 bits per heavy atom. The summed E-state index contributed by atoms with van der Waals surface area (Å²) < 4.78 is 5.41. The maximum absolute atomic E-state index is 12.6. The minimum atomic E-state index is -0.785. The number of benzene rings is 2. The van der Waals surface area contributed by atoms with Crippen molar-refractivity contribution in [2.75, 3.05) is 0 Å². The smallest absolute Gasteiger partial charge is 0.311 e. The maximum Gasteiger partial charge on any atom is 0.311 e. The number of carbonyl (C=O) groups is 2. The standard InChI is InChI=1S/C22H21NO3/c1-14(22(25)17-10-9-15-5-4-6-16(15)11-17)26-21(24)12-18-13-23-20-8-3-2-7-19(18)20/h2-3,7-11,13-14,23H,4-6,12H2,1H3/t14-/m1/s1. The lowest BCUT2D eigenvalue weighted by Crippen LogP contribution is -2.25. The van der Waals surface area contributed by atoms with E-state index in [1.165, 1.54) is 11.1 Å². The van der Waals surface area contributed by atoms with Gasteiger partial charge in [-0.2, -0.15) is 0 Å². The second kappa shape index (κ2) is 6.79. The van der Waals surface area contributed by atoms with Crippen molar-refractivity contribution in [1.82, 2.24) is 4.98 Å². The van der Waals surface area contributed by atoms with Crippen LogP contribution in [-0.4, -0.2) is 22.8 Å². The number of aromatic amines is 1. The summed E-state index contributed by atoms with van der Waals surface area (Å²) in [6.07, 6.45) is 4.42. The van der Waals surface area contributed by atoms with Crippen molar-refractivity contribution >= 4 is 22.7 Å². The van der Waals surface area contributed by atoms with Crippen LogP contribution >= 0.6 is 0 Å². The third-order valence-electron chi connectivity index (χ3n) is 5.07. The fourth-order valence-electron chi connectivity index (χ4n) is 3.69. The number of ketones is 1. The summed E-state index contributed by atoms with van der Waals surface area (Å²) in [6, 6.07) is 13.6. The van der Waals surface area contributed by atoms with Gasteiger partial charge in [0.1, 0.15) is 0 Å². The second-order valence-corrected chi connectivity index (χ2v) is 6.87. The van der Waals surface area contributed by atoms with E-state index in [2.05, 4.69) is 4.98 Å². The summed E-state index contributed by atoms with van der Waals surface area (Å²) in [5.74, 6) is -0.538. The molecule has 1 aromatic heterocycles. The van der Waals surface area contributed by atoms with Crippen molar-refractivity contribution in [3.63, 3.8) is 0 Å². The molecular formula is C22H21NO3. The summed E-state index contributed by atoms with van der Waals surface area (Å²) >= 11 is 0. The van der Waals surface area contributed by atoms with Crippen LogP contribution in [0.5, 0.6) is 0 Å². The van der Waals surface area contributed by atoms with Gasteiger partial charge in [-0.1, -0.05) is 30.3 Å². The summed E-state index contributed by atoms with van der Waals surface area (Å²) in [5, 5.41) is 1.00. The topological polar surface area (TPSA) is 59.2 Å². The van der Waals surface area contributed by atoms with E-state index in [-0.39, 0.29) is 12.2 Å². The minimum absolute atomic E-state index is 0.145. The summed E-state index contributed by atoms with van der Waals surface area (Å²) in [7, 11) is 0. The number of ether oxygens (including phenoxy) is 1. The van der Waals surface area contributed by atoms with E-state index in [4.69, 9.17) is 4.74 Å². The predicted octanol–water partition coefficient (Wildman–Crippen LogP) is 4.01. The van der Waals surface area contributed by atoms with Crippen molar-refractivity contribution in [3.05, 3.63) is 70.9 Å². The fraction of sp³-hybridized carbons (Fsp3) is 0.273. The summed E-state index contributed by atoms with van der Waals surface area (Å²) in [4.78, 5) is 28.1. The van der Waals surface area contributed by atoms with Gasteiger partial charge in [0.25, 0.3) is 0 Å². The molecular weight excluding hydrogens is 326 g/mol. The van der Waals surface area contributed by atoms with Crippen LogP contribution in [0.3, 0.4) is 0 Å². The summed E-state index contributed by atoms with van der Waals surface area (Å²) in [5.41, 5.74) is 5.05. The number of esters is 1. The van der Waals surface area contributed by atoms with E-state index >= 15 is 0 Å². The molecule has 0 unspecified atom stereocenters. The van der Waals surface area contributed by atoms with E-state index < -0.39 is 12.1 Å². The molecule has 0 bridgehead atoms. The normalized spacial score (nSPS) is 14.2. The molecule has 0 amide bonds. The fourth-order valence-corrected chi connectivity index (χ4v) is 3.69. The number of fused-ring (bicyclic) bond motifs is 2. The number of aryl methyl sites for hydroxylation is 2. The Morgan fingerprint density at radius 3 is 2.81 bits per heavy atom. The van der Waals surface area contributed by atoms with Gasteiger partial charge < -0.3 is 9.72 Å². The van der Waals surface area contributed by atoms with Crippen LogP contribution in [0, 0.1) is 0 Å². The molecule has 4 rings (SSSR count). The largest absolute Gasteiger partial charge is 0.454 e. The van der Waals surface area contributed by atoms with Crippen molar-refractivity contribution in [2.45, 2.75) is 38.7 Å². The number of Topliss-reactive ketones (excluding diaryl/α,β-unsaturated/α-hetero) is 1. The van der Waals surface area contributed by atoms with Gasteiger partial charge in [0, 0.05) is 22.7 Å². The first kappa shape index (κ1) is 16.6. The lowest BCUT2D eigenvalue weighted by molar-refractivity contribution is -0.145. The molecule has 0 fully saturated rings. The van der Waals surface area contributed by atoms with E-state index in [0.717, 1.165) is 35.7 Å². The zero-order valence-electron chi connectivity index (χ0n) is 14.7. The summed E-state index contributed by atoms with van der Waals surface area (Å²) in [6.45, 7) is 1.64. The van der Waals surface area contributed by atoms with Crippen LogP contribution in [0.15, 0.2) is 48.7 Å². The average molecular weight is 347 g/mol. The molecule has 26 heavy (non-hydrogen) atoms. The monoisotopic (exact) mass is 347 g/mol. The molecule has 1 N–H and O–H groups in total. The molecule has 0 saturated heterocycles. The van der Waals surface area contributed by atoms with E-state index in [9.17, 15) is 9.59 Å². The quantitative estimate of drug-likeness (QED) is 0.560. The highest BCUT2D eigenvalue weighted by atomic mass is 16.5. The van der Waals surface area contributed by atoms with Crippen LogP contribution in [0.2, 0.25) is 0 Å². The van der Waals surface area contributed by atoms with Gasteiger partial charge in [0.2, 0.25) is 5.78 Å². The van der Waals surface area contributed by atoms with Gasteiger partial charge >= 0.3 is 5.97 Å². The zero-order chi connectivity index (χ0) is 18.1. The number of rotatable bonds is 5. The lowest BCUT2D eigenvalue weighted by Gasteiger charge is -2.13. The Kier molecular flexibility index (Phi) is 4.33. The molecule has 0 spiro atoms. The Bertz CT molecular complexity index is 986. The van der Waals surface area contributed by atoms with Crippen molar-refractivity contribution in [1.29, 1.82) is 0 Å². The average Bonchev–Trinajstić information content (AvgIpc) is 3.27. The van der Waals surface area contributed by atoms with Gasteiger partial charge in [-0.05, 0) is 55.0 Å². The molecule has 0 saturated carbocycles. The zero-order valence-corrected chi connectivity index (χ0v) is 14.7. The molecule has 1 aliphatic rings. The first-order valence-electron chi connectivity index (χ1n) is 9.02. The van der Waals surface area contributed by atoms with Gasteiger partial charge in [-0.15, -0.1) is 0 Å². The lowest BCUT2D eigenvalue weighted by atomic mass is 10.0. The Labute approximate surface area is 152 Å². The molecule has 4 nitrogen and oxygen atoms in total. The SMILES string of the molecule is C[C@@H](OC(=O)Cc1c[nH]c2ccccc12)C(=O)c1ccc2c(c1)CCC2. The molecule has 0 aliphatic heterocycles. The van der Waals surface area contributed by atoms with Crippen molar-refractivity contribution < 1.29 is 14.3 Å². The number of hydrogen-bond donors (Lipinski definition) is 1. The first-order valence-corrected chi connectivity index (χ1v) is 9.02. The number of H-pyrrole nitrogens is 1. The number of nitrogens with one attached hydrogen (secondary N) is 1. The molecule has 1 aliphatic carbocycles. The molecule has 3 aromatic rings.